The predicted molar refractivity (Wildman–Crippen MR) is 149 cm³/mol. The van der Waals surface area contributed by atoms with E-state index < -0.39 is 80.7 Å². The van der Waals surface area contributed by atoms with Crippen molar-refractivity contribution in [2.24, 2.45) is 17.6 Å². The Morgan fingerprint density at radius 2 is 1.49 bits per heavy atom. The summed E-state index contributed by atoms with van der Waals surface area (Å²) in [4.78, 5) is 62.0. The van der Waals surface area contributed by atoms with Crippen LogP contribution < -0.4 is 11.1 Å². The molecule has 0 aliphatic heterocycles. The van der Waals surface area contributed by atoms with Crippen molar-refractivity contribution in [2.75, 3.05) is 0 Å². The molecule has 4 N–H and O–H groups in total. The number of carboxylic acid groups (broad SMARTS) is 1. The molecule has 11 nitrogen and oxygen atoms in total. The van der Waals surface area contributed by atoms with Crippen LogP contribution in [0.3, 0.4) is 0 Å². The molecular formula is C27H50N2O9Si. The van der Waals surface area contributed by atoms with Crippen molar-refractivity contribution in [3.8, 4) is 0 Å². The van der Waals surface area contributed by atoms with Crippen molar-refractivity contribution < 1.29 is 43.0 Å². The molecule has 2 unspecified atom stereocenters. The number of rotatable bonds is 16. The van der Waals surface area contributed by atoms with Crippen molar-refractivity contribution in [3.05, 3.63) is 0 Å². The zero-order valence-electron chi connectivity index (χ0n) is 25.5. The van der Waals surface area contributed by atoms with E-state index >= 15 is 0 Å². The molecule has 0 bridgehead atoms. The van der Waals surface area contributed by atoms with E-state index in [1.165, 1.54) is 6.92 Å². The zero-order valence-corrected chi connectivity index (χ0v) is 26.5. The molecule has 0 rings (SSSR count). The summed E-state index contributed by atoms with van der Waals surface area (Å²) in [6.45, 7) is 20.4. The molecule has 6 atom stereocenters. The summed E-state index contributed by atoms with van der Waals surface area (Å²) in [6, 6.07) is -2.19. The third-order valence-electron chi connectivity index (χ3n) is 7.09. The molecule has 0 aromatic carbocycles. The first-order chi connectivity index (χ1) is 17.6. The lowest BCUT2D eigenvalue weighted by molar-refractivity contribution is -0.175. The van der Waals surface area contributed by atoms with E-state index in [0.717, 1.165) is 0 Å². The number of nitrogens with two attached hydrogens (primary N) is 1. The van der Waals surface area contributed by atoms with Crippen molar-refractivity contribution in [2.45, 2.75) is 130 Å². The van der Waals surface area contributed by atoms with Crippen LogP contribution in [0.5, 0.6) is 0 Å². The highest BCUT2D eigenvalue weighted by atomic mass is 28.4. The Kier molecular flexibility index (Phi) is 14.6. The minimum atomic E-state index is -2.21. The van der Waals surface area contributed by atoms with E-state index in [9.17, 15) is 24.0 Å². The molecular weight excluding hydrogens is 524 g/mol. The van der Waals surface area contributed by atoms with E-state index in [1.54, 1.807) is 20.8 Å². The van der Waals surface area contributed by atoms with E-state index in [-0.39, 0.29) is 17.4 Å². The Morgan fingerprint density at radius 3 is 1.92 bits per heavy atom. The maximum absolute atomic E-state index is 13.1. The second-order valence-electron chi connectivity index (χ2n) is 12.2. The number of ether oxygens (including phenoxy) is 2. The van der Waals surface area contributed by atoms with Crippen LogP contribution in [-0.4, -0.2) is 73.4 Å². The number of carboxylic acids is 1. The molecule has 0 saturated carbocycles. The van der Waals surface area contributed by atoms with Crippen molar-refractivity contribution in [1.82, 2.24) is 5.32 Å². The molecule has 0 aromatic heterocycles. The van der Waals surface area contributed by atoms with Crippen LogP contribution in [0.1, 0.15) is 81.6 Å². The van der Waals surface area contributed by atoms with E-state index in [4.69, 9.17) is 24.7 Å². The van der Waals surface area contributed by atoms with Crippen LogP contribution in [-0.2, 0) is 37.9 Å². The fourth-order valence-electron chi connectivity index (χ4n) is 3.34. The minimum Gasteiger partial charge on any atom is -0.481 e. The maximum atomic E-state index is 13.1. The predicted octanol–water partition coefficient (Wildman–Crippen LogP) is 3.19. The number of Topliss-reactive ketones (excluding diaryl/α,β-unsaturated/α-hetero) is 1. The van der Waals surface area contributed by atoms with Crippen LogP contribution in [0.2, 0.25) is 18.1 Å². The summed E-state index contributed by atoms with van der Waals surface area (Å²) in [5.74, 6) is -4.92. The molecule has 39 heavy (non-hydrogen) atoms. The highest BCUT2D eigenvalue weighted by Gasteiger charge is 2.41. The fraction of sp³-hybridized carbons (Fsp3) is 0.815. The van der Waals surface area contributed by atoms with Crippen LogP contribution in [0.25, 0.3) is 0 Å². The van der Waals surface area contributed by atoms with Crippen molar-refractivity contribution in [3.63, 3.8) is 0 Å². The highest BCUT2D eigenvalue weighted by molar-refractivity contribution is 6.74. The number of hydrogen-bond donors (Lipinski definition) is 3. The average molecular weight is 575 g/mol. The Labute approximate surface area is 234 Å². The zero-order chi connectivity index (χ0) is 30.9. The van der Waals surface area contributed by atoms with Crippen LogP contribution in [0.15, 0.2) is 0 Å². The van der Waals surface area contributed by atoms with Gasteiger partial charge in [-0.25, -0.2) is 4.79 Å². The van der Waals surface area contributed by atoms with Gasteiger partial charge in [-0.15, -0.1) is 0 Å². The van der Waals surface area contributed by atoms with Gasteiger partial charge in [-0.1, -0.05) is 48.5 Å². The number of hydrogen-bond acceptors (Lipinski definition) is 9. The summed E-state index contributed by atoms with van der Waals surface area (Å²) < 4.78 is 16.8. The van der Waals surface area contributed by atoms with Crippen molar-refractivity contribution in [1.29, 1.82) is 0 Å². The highest BCUT2D eigenvalue weighted by Crippen LogP contribution is 2.37. The average Bonchev–Trinajstić information content (AvgIpc) is 2.78. The third-order valence-corrected chi connectivity index (χ3v) is 11.7. The number of ketones is 1. The molecule has 0 saturated heterocycles. The molecule has 0 aromatic rings. The van der Waals surface area contributed by atoms with Crippen LogP contribution in [0.4, 0.5) is 0 Å². The van der Waals surface area contributed by atoms with Gasteiger partial charge in [0, 0.05) is 5.92 Å². The van der Waals surface area contributed by atoms with Gasteiger partial charge in [0.1, 0.15) is 12.5 Å². The Bertz CT molecular complexity index is 870. The quantitative estimate of drug-likeness (QED) is 0.141. The first-order valence-corrected chi connectivity index (χ1v) is 16.4. The lowest BCUT2D eigenvalue weighted by Gasteiger charge is -2.39. The van der Waals surface area contributed by atoms with Gasteiger partial charge >= 0.3 is 17.9 Å². The molecule has 0 aliphatic rings. The van der Waals surface area contributed by atoms with E-state index in [2.05, 4.69) is 26.1 Å². The smallest absolute Gasteiger partial charge is 0.347 e. The minimum absolute atomic E-state index is 0.00991. The van der Waals surface area contributed by atoms with Gasteiger partial charge in [0.15, 0.2) is 26.3 Å². The number of aliphatic carboxylic acids is 1. The summed E-state index contributed by atoms with van der Waals surface area (Å²) in [6.07, 6.45) is -3.35. The topological polar surface area (TPSA) is 171 Å². The second kappa shape index (κ2) is 15.5. The molecule has 0 heterocycles. The number of amides is 1. The molecule has 0 fully saturated rings. The van der Waals surface area contributed by atoms with Crippen molar-refractivity contribution >= 4 is 37.9 Å². The lowest BCUT2D eigenvalue weighted by atomic mass is 9.96. The number of carbonyl (C=O) groups excluding carboxylic acids is 4. The third kappa shape index (κ3) is 12.2. The number of nitrogens with one attached hydrogen (secondary N) is 1. The first-order valence-electron chi connectivity index (χ1n) is 13.5. The van der Waals surface area contributed by atoms with Gasteiger partial charge in [0.05, 0.1) is 12.1 Å². The molecule has 0 aliphatic carbocycles. The Morgan fingerprint density at radius 1 is 0.949 bits per heavy atom. The summed E-state index contributed by atoms with van der Waals surface area (Å²) in [7, 11) is -2.21. The SMILES string of the molecule is CCC(C)[C@H](OC(=O)[C@H](C)OC(=O)[C@@H](N)C(C)O[Si](C)(C)C(C)(C)C)C(=O)N[C@@H](CC(C)C)C(=O)CC(=O)O. The summed E-state index contributed by atoms with van der Waals surface area (Å²) in [5.41, 5.74) is 6.07. The molecule has 0 radical (unpaired) electrons. The Balaban J connectivity index is 5.46. The van der Waals surface area contributed by atoms with E-state index in [1.807, 2.05) is 26.9 Å². The van der Waals surface area contributed by atoms with Gasteiger partial charge in [-0.05, 0) is 50.7 Å². The van der Waals surface area contributed by atoms with Gasteiger partial charge in [-0.3, -0.25) is 19.2 Å². The lowest BCUT2D eigenvalue weighted by Crippen LogP contribution is -2.52. The normalized spacial score (nSPS) is 16.8. The van der Waals surface area contributed by atoms with Gasteiger partial charge in [0.2, 0.25) is 0 Å². The number of carbonyl (C=O) groups is 5. The summed E-state index contributed by atoms with van der Waals surface area (Å²) >= 11 is 0. The molecule has 12 heteroatoms. The van der Waals surface area contributed by atoms with Crippen LogP contribution in [0, 0.1) is 11.8 Å². The fourth-order valence-corrected chi connectivity index (χ4v) is 4.77. The molecule has 1 amide bonds. The van der Waals surface area contributed by atoms with Crippen LogP contribution >= 0.6 is 0 Å². The monoisotopic (exact) mass is 574 g/mol. The largest absolute Gasteiger partial charge is 0.481 e. The standard InChI is InChI=1S/C27H50N2O9Si/c1-12-16(4)23(24(33)29-19(13-15(2)3)20(30)14-21(31)32)37-25(34)18(6)36-26(35)22(28)17(5)38-39(10,11)27(7,8)9/h15-19,22-23H,12-14,28H2,1-11H3,(H,29,33)(H,31,32)/t16?,17?,18-,19-,22-,23-/m0/s1. The first kappa shape index (κ1) is 36.7. The Hall–Kier alpha value is -2.31. The summed E-state index contributed by atoms with van der Waals surface area (Å²) in [5, 5.41) is 11.4. The van der Waals surface area contributed by atoms with Gasteiger partial charge < -0.3 is 30.1 Å². The van der Waals surface area contributed by atoms with Gasteiger partial charge in [0.25, 0.3) is 5.91 Å². The molecule has 226 valence electrons. The second-order valence-corrected chi connectivity index (χ2v) is 16.9. The maximum Gasteiger partial charge on any atom is 0.347 e. The number of esters is 2. The van der Waals surface area contributed by atoms with Gasteiger partial charge in [-0.2, -0.15) is 0 Å². The van der Waals surface area contributed by atoms with E-state index in [0.29, 0.717) is 6.42 Å². The molecule has 0 spiro atoms.